The number of anilines is 4. The lowest BCUT2D eigenvalue weighted by atomic mass is 10.0. The van der Waals surface area contributed by atoms with Crippen molar-refractivity contribution < 1.29 is 89.4 Å². The number of halogens is 16. The fourth-order valence-corrected chi connectivity index (χ4v) is 7.72. The van der Waals surface area contributed by atoms with Crippen molar-refractivity contribution in [1.29, 1.82) is 0 Å². The molecule has 0 bridgehead atoms. The van der Waals surface area contributed by atoms with Crippen LogP contribution in [0.1, 0.15) is 63.7 Å². The molecule has 1 aliphatic carbocycles. The molecular formula is C54H26F16N4O4. The van der Waals surface area contributed by atoms with Gasteiger partial charge >= 0.3 is 0 Å². The molecule has 0 aromatic heterocycles. The van der Waals surface area contributed by atoms with E-state index in [1.807, 2.05) is 0 Å². The monoisotopic (exact) mass is 1100 g/mol. The number of hydrogen-bond acceptors (Lipinski definition) is 4. The molecule has 8 nitrogen and oxygen atoms in total. The Kier molecular flexibility index (Phi) is 15.5. The van der Waals surface area contributed by atoms with E-state index in [-0.39, 0.29) is 47.0 Å². The van der Waals surface area contributed by atoms with Gasteiger partial charge in [-0.2, -0.15) is 0 Å². The number of hydrogen-bond donors (Lipinski definition) is 4. The first-order valence-electron chi connectivity index (χ1n) is 21.9. The van der Waals surface area contributed by atoms with E-state index in [0.29, 0.717) is 24.0 Å². The molecule has 398 valence electrons. The maximum atomic E-state index is 14.0. The Morgan fingerprint density at radius 2 is 0.538 bits per heavy atom. The molecular weight excluding hydrogens is 1070 g/mol. The summed E-state index contributed by atoms with van der Waals surface area (Å²) in [6, 6.07) is 22.1. The Morgan fingerprint density at radius 3 is 0.808 bits per heavy atom. The first kappa shape index (κ1) is 54.8. The third-order valence-electron chi connectivity index (χ3n) is 11.6. The Balaban J connectivity index is 0.000000206. The molecule has 0 spiro atoms. The Bertz CT molecular complexity index is 3560. The van der Waals surface area contributed by atoms with E-state index >= 15 is 0 Å². The fraction of sp³-hybridized carbons (Fsp3) is 0.0370. The van der Waals surface area contributed by atoms with E-state index in [9.17, 15) is 89.4 Å². The molecule has 0 unspecified atom stereocenters. The van der Waals surface area contributed by atoms with E-state index in [0.717, 1.165) is 22.3 Å². The van der Waals surface area contributed by atoms with Crippen molar-refractivity contribution in [3.63, 3.8) is 0 Å². The summed E-state index contributed by atoms with van der Waals surface area (Å²) in [7, 11) is 0. The van der Waals surface area contributed by atoms with Crippen molar-refractivity contribution >= 4 is 46.4 Å². The average molecular weight is 1100 g/mol. The number of rotatable bonds is 10. The minimum atomic E-state index is -2.14. The lowest BCUT2D eigenvalue weighted by Crippen LogP contribution is -2.16. The van der Waals surface area contributed by atoms with Crippen LogP contribution in [-0.2, 0) is 12.8 Å². The molecule has 9 rings (SSSR count). The standard InChI is InChI=1S/C27H12F8N2O2.C27H14F8N2O2/c28-18-8-16(20(30)24(34)22(18)32)26(38)36-12-3-1-10-5-11-2-4-13(7-15(11)14(10)6-12)37-27(39)17-9-19(29)23(33)25(35)21(17)31;28-18-10-16(20(30)24(34)22(18)32)26(38)36-14-5-1-12(2-6-14)9-13-3-7-15(8-4-13)37-27(39)17-11-19(29)23(33)25(35)21(17)31/h1-4,6-9H,5H2,(H,36,38)(H,37,39);1-8,10-11H,9H2,(H,36,38)(H,37,39). The Labute approximate surface area is 427 Å². The number of fused-ring (bicyclic) bond motifs is 3. The molecule has 0 radical (unpaired) electrons. The Morgan fingerprint density at radius 1 is 0.295 bits per heavy atom. The summed E-state index contributed by atoms with van der Waals surface area (Å²) in [5, 5.41) is 9.05. The van der Waals surface area contributed by atoms with Crippen LogP contribution in [0.25, 0.3) is 11.1 Å². The molecule has 0 saturated heterocycles. The summed E-state index contributed by atoms with van der Waals surface area (Å²) in [5.41, 5.74) is 0.437. The Hall–Kier alpha value is -9.48. The number of amides is 4. The summed E-state index contributed by atoms with van der Waals surface area (Å²) in [4.78, 5) is 49.2. The average Bonchev–Trinajstić information content (AvgIpc) is 3.86. The molecule has 0 heterocycles. The van der Waals surface area contributed by atoms with Crippen LogP contribution < -0.4 is 21.3 Å². The minimum absolute atomic E-state index is 0.0879. The SMILES string of the molecule is O=C(Nc1ccc(Cc2ccc(NC(=O)c3cc(F)c(F)c(F)c3F)cc2)cc1)c1cc(F)c(F)c(F)c1F.O=C(Nc1ccc2c(c1)-c1cc(NC(=O)c3cc(F)c(F)c(F)c3F)ccc1C2)c1cc(F)c(F)c(F)c1F. The maximum absolute atomic E-state index is 14.0. The van der Waals surface area contributed by atoms with Gasteiger partial charge in [0.25, 0.3) is 23.6 Å². The molecule has 0 aliphatic heterocycles. The quantitative estimate of drug-likeness (QED) is 0.0620. The van der Waals surface area contributed by atoms with Crippen LogP contribution in [0.15, 0.2) is 109 Å². The van der Waals surface area contributed by atoms with Crippen LogP contribution in [0.4, 0.5) is 93.0 Å². The molecule has 1 aliphatic rings. The van der Waals surface area contributed by atoms with Gasteiger partial charge in [-0.05, 0) is 119 Å². The first-order valence-corrected chi connectivity index (χ1v) is 21.9. The fourth-order valence-electron chi connectivity index (χ4n) is 7.72. The van der Waals surface area contributed by atoms with Crippen molar-refractivity contribution in [3.8, 4) is 11.1 Å². The lowest BCUT2D eigenvalue weighted by molar-refractivity contribution is 0.101. The highest BCUT2D eigenvalue weighted by Crippen LogP contribution is 2.40. The lowest BCUT2D eigenvalue weighted by Gasteiger charge is -2.11. The van der Waals surface area contributed by atoms with E-state index < -0.39 is 139 Å². The zero-order valence-corrected chi connectivity index (χ0v) is 38.5. The predicted molar refractivity (Wildman–Crippen MR) is 247 cm³/mol. The minimum Gasteiger partial charge on any atom is -0.322 e. The van der Waals surface area contributed by atoms with Crippen LogP contribution in [0.5, 0.6) is 0 Å². The zero-order chi connectivity index (χ0) is 56.6. The molecule has 0 saturated carbocycles. The highest BCUT2D eigenvalue weighted by atomic mass is 19.2. The molecule has 4 N–H and O–H groups in total. The maximum Gasteiger partial charge on any atom is 0.258 e. The van der Waals surface area contributed by atoms with Crippen LogP contribution in [0.2, 0.25) is 0 Å². The summed E-state index contributed by atoms with van der Waals surface area (Å²) in [6.07, 6.45) is 0.785. The topological polar surface area (TPSA) is 116 Å². The van der Waals surface area contributed by atoms with Crippen molar-refractivity contribution in [2.75, 3.05) is 21.3 Å². The van der Waals surface area contributed by atoms with E-state index in [1.165, 1.54) is 48.5 Å². The molecule has 8 aromatic rings. The second kappa shape index (κ2) is 22.0. The van der Waals surface area contributed by atoms with E-state index in [1.54, 1.807) is 36.4 Å². The van der Waals surface area contributed by atoms with Gasteiger partial charge in [0.15, 0.2) is 93.1 Å². The molecule has 78 heavy (non-hydrogen) atoms. The summed E-state index contributed by atoms with van der Waals surface area (Å²) < 4.78 is 216. The van der Waals surface area contributed by atoms with Crippen molar-refractivity contribution in [1.82, 2.24) is 0 Å². The highest BCUT2D eigenvalue weighted by molar-refractivity contribution is 6.07. The van der Waals surface area contributed by atoms with E-state index in [4.69, 9.17) is 0 Å². The van der Waals surface area contributed by atoms with Gasteiger partial charge in [-0.15, -0.1) is 0 Å². The highest BCUT2D eigenvalue weighted by Gasteiger charge is 2.28. The van der Waals surface area contributed by atoms with Crippen LogP contribution >= 0.6 is 0 Å². The number of nitrogens with one attached hydrogen (secondary N) is 4. The van der Waals surface area contributed by atoms with Gasteiger partial charge in [0.1, 0.15) is 0 Å². The normalized spacial score (nSPS) is 11.3. The van der Waals surface area contributed by atoms with Crippen LogP contribution in [0.3, 0.4) is 0 Å². The second-order valence-electron chi connectivity index (χ2n) is 16.7. The van der Waals surface area contributed by atoms with Crippen molar-refractivity contribution in [2.24, 2.45) is 0 Å². The van der Waals surface area contributed by atoms with Gasteiger partial charge in [0, 0.05) is 22.7 Å². The first-order chi connectivity index (χ1) is 36.9. The summed E-state index contributed by atoms with van der Waals surface area (Å²) in [6.45, 7) is 0. The largest absolute Gasteiger partial charge is 0.322 e. The van der Waals surface area contributed by atoms with Gasteiger partial charge < -0.3 is 21.3 Å². The van der Waals surface area contributed by atoms with Gasteiger partial charge in [0.05, 0.1) is 22.3 Å². The molecule has 8 aromatic carbocycles. The zero-order valence-electron chi connectivity index (χ0n) is 38.5. The van der Waals surface area contributed by atoms with Crippen LogP contribution in [-0.4, -0.2) is 23.6 Å². The number of carbonyl (C=O) groups excluding carboxylic acids is 4. The molecule has 0 fully saturated rings. The summed E-state index contributed by atoms with van der Waals surface area (Å²) >= 11 is 0. The smallest absolute Gasteiger partial charge is 0.258 e. The van der Waals surface area contributed by atoms with Crippen molar-refractivity contribution in [3.05, 3.63) is 247 Å². The van der Waals surface area contributed by atoms with Gasteiger partial charge in [0.2, 0.25) is 0 Å². The van der Waals surface area contributed by atoms with Crippen LogP contribution in [0, 0.1) is 93.1 Å². The number of carbonyl (C=O) groups is 4. The van der Waals surface area contributed by atoms with Gasteiger partial charge in [-0.25, -0.2) is 70.2 Å². The van der Waals surface area contributed by atoms with Crippen molar-refractivity contribution in [2.45, 2.75) is 12.8 Å². The van der Waals surface area contributed by atoms with Gasteiger partial charge in [-0.3, -0.25) is 19.2 Å². The molecule has 0 atom stereocenters. The molecule has 4 amide bonds. The van der Waals surface area contributed by atoms with Gasteiger partial charge in [-0.1, -0.05) is 36.4 Å². The molecule has 24 heteroatoms. The predicted octanol–water partition coefficient (Wildman–Crippen LogP) is 13.8. The number of benzene rings is 8. The second-order valence-corrected chi connectivity index (χ2v) is 16.7. The summed E-state index contributed by atoms with van der Waals surface area (Å²) in [5.74, 6) is -35.9. The third-order valence-corrected chi connectivity index (χ3v) is 11.6. The third kappa shape index (κ3) is 11.1. The van der Waals surface area contributed by atoms with E-state index in [2.05, 4.69) is 21.3 Å².